The van der Waals surface area contributed by atoms with Crippen molar-refractivity contribution in [3.05, 3.63) is 0 Å². The summed E-state index contributed by atoms with van der Waals surface area (Å²) in [5.74, 6) is 0. The molecule has 6 N–H and O–H groups in total. The molecule has 0 aromatic heterocycles. The van der Waals surface area contributed by atoms with Gasteiger partial charge in [0.25, 0.3) is 0 Å². The second kappa shape index (κ2) is 23.1. The van der Waals surface area contributed by atoms with Crippen molar-refractivity contribution in [1.82, 2.24) is 0 Å². The number of carbonyl (C=O) groups excluding carboxylic acids is 1. The number of carbonyl (C=O) groups is 1. The van der Waals surface area contributed by atoms with Crippen LogP contribution in [-0.2, 0) is 4.79 Å². The first-order valence-electron chi connectivity index (χ1n) is 2.11. The minimum atomic E-state index is -2.62. The third-order valence-electron chi connectivity index (χ3n) is 0.129. The molecule has 0 saturated carbocycles. The highest BCUT2D eigenvalue weighted by atomic mass is 31.2. The molecule has 0 spiro atoms. The second-order valence-electron chi connectivity index (χ2n) is 0.781. The van der Waals surface area contributed by atoms with Crippen molar-refractivity contribution in [3.8, 4) is 0 Å². The largest absolute Gasteiger partial charge is 0.395 e. The van der Waals surface area contributed by atoms with Gasteiger partial charge in [0.15, 0.2) is 0 Å². The van der Waals surface area contributed by atoms with Crippen LogP contribution in [-0.4, -0.2) is 39.7 Å². The Balaban J connectivity index is -0.0000000787. The van der Waals surface area contributed by atoms with E-state index in [1.165, 1.54) is 0 Å². The van der Waals surface area contributed by atoms with Crippen LogP contribution in [0.5, 0.6) is 0 Å². The van der Waals surface area contributed by atoms with Crippen LogP contribution in [0.1, 0.15) is 0 Å². The third-order valence-corrected chi connectivity index (χ3v) is 0.129. The van der Waals surface area contributed by atoms with E-state index in [0.29, 0.717) is 6.54 Å². The van der Waals surface area contributed by atoms with Gasteiger partial charge in [-0.15, -0.1) is 0 Å². The van der Waals surface area contributed by atoms with Gasteiger partial charge in [0.05, 0.1) is 6.61 Å². The molecule has 64 valence electrons. The molecule has 0 heterocycles. The number of hydrogen-bond donors (Lipinski definition) is 5. The summed E-state index contributed by atoms with van der Waals surface area (Å²) in [6.07, 6.45) is 0. The maximum Gasteiger partial charge on any atom is 0.324 e. The normalized spacial score (nSPS) is 7.00. The number of rotatable bonds is 1. The number of aliphatic hydroxyl groups is 1. The van der Waals surface area contributed by atoms with Crippen molar-refractivity contribution in [2.24, 2.45) is 5.73 Å². The van der Waals surface area contributed by atoms with Crippen LogP contribution in [0.25, 0.3) is 0 Å². The predicted octanol–water partition coefficient (Wildman–Crippen LogP) is -2.06. The monoisotopic (exact) mass is 173 g/mol. The zero-order valence-electron chi connectivity index (χ0n) is 5.34. The van der Waals surface area contributed by atoms with Crippen molar-refractivity contribution in [3.63, 3.8) is 0 Å². The summed E-state index contributed by atoms with van der Waals surface area (Å²) in [7, 11) is -2.62. The minimum absolute atomic E-state index is 0.0972. The SMILES string of the molecule is C=O.NCCO.OP(O)O. The highest BCUT2D eigenvalue weighted by molar-refractivity contribution is 7.38. The van der Waals surface area contributed by atoms with E-state index in [1.54, 1.807) is 0 Å². The Labute approximate surface area is 59.9 Å². The van der Waals surface area contributed by atoms with Crippen LogP contribution >= 0.6 is 8.60 Å². The standard InChI is InChI=1S/C2H7NO.CH2O.H3O3P/c3-1-2-4;1-2;1-4(2)3/h4H,1-3H2;1H2;1-3H. The van der Waals surface area contributed by atoms with E-state index in [0.717, 1.165) is 0 Å². The molecule has 0 amide bonds. The quantitative estimate of drug-likeness (QED) is 0.290. The molecular formula is C3H12NO5P. The molecule has 0 rings (SSSR count). The molecular weight excluding hydrogens is 161 g/mol. The van der Waals surface area contributed by atoms with Gasteiger partial charge in [-0.25, -0.2) is 0 Å². The van der Waals surface area contributed by atoms with Crippen LogP contribution in [0.2, 0.25) is 0 Å². The topological polar surface area (TPSA) is 124 Å². The Morgan fingerprint density at radius 1 is 1.30 bits per heavy atom. The zero-order chi connectivity index (χ0) is 8.99. The lowest BCUT2D eigenvalue weighted by Crippen LogP contribution is -2.02. The van der Waals surface area contributed by atoms with Crippen LogP contribution in [0, 0.1) is 0 Å². The molecule has 7 heteroatoms. The molecule has 0 aliphatic heterocycles. The summed E-state index contributed by atoms with van der Waals surface area (Å²) in [5.41, 5.74) is 4.78. The highest BCUT2D eigenvalue weighted by Crippen LogP contribution is 2.11. The lowest BCUT2D eigenvalue weighted by atomic mass is 10.8. The van der Waals surface area contributed by atoms with E-state index in [4.69, 9.17) is 30.3 Å². The Morgan fingerprint density at radius 2 is 1.40 bits per heavy atom. The first kappa shape index (κ1) is 16.5. The molecule has 0 fully saturated rings. The smallest absolute Gasteiger partial charge is 0.324 e. The van der Waals surface area contributed by atoms with Gasteiger partial charge in [0.2, 0.25) is 0 Å². The Kier molecular flexibility index (Phi) is 38.1. The summed E-state index contributed by atoms with van der Waals surface area (Å²) in [6.45, 7) is 2.47. The molecule has 0 aliphatic carbocycles. The fourth-order valence-electron chi connectivity index (χ4n) is 0. The van der Waals surface area contributed by atoms with Gasteiger partial charge in [0, 0.05) is 6.54 Å². The van der Waals surface area contributed by atoms with Crippen LogP contribution in [0.15, 0.2) is 0 Å². The van der Waals surface area contributed by atoms with Crippen molar-refractivity contribution in [1.29, 1.82) is 0 Å². The molecule has 10 heavy (non-hydrogen) atoms. The van der Waals surface area contributed by atoms with Crippen molar-refractivity contribution >= 4 is 15.4 Å². The molecule has 0 atom stereocenters. The summed E-state index contributed by atoms with van der Waals surface area (Å²) in [4.78, 5) is 29.7. The maximum atomic E-state index is 8.00. The molecule has 0 bridgehead atoms. The fourth-order valence-corrected chi connectivity index (χ4v) is 0. The van der Waals surface area contributed by atoms with Crippen molar-refractivity contribution < 1.29 is 24.6 Å². The first-order valence-corrected chi connectivity index (χ1v) is 3.31. The number of hydrogen-bond acceptors (Lipinski definition) is 6. The van der Waals surface area contributed by atoms with Crippen molar-refractivity contribution in [2.45, 2.75) is 0 Å². The summed E-state index contributed by atoms with van der Waals surface area (Å²) in [6, 6.07) is 0. The highest BCUT2D eigenvalue weighted by Gasteiger charge is 1.76. The predicted molar refractivity (Wildman–Crippen MR) is 36.8 cm³/mol. The minimum Gasteiger partial charge on any atom is -0.395 e. The van der Waals surface area contributed by atoms with Crippen LogP contribution in [0.3, 0.4) is 0 Å². The molecule has 6 nitrogen and oxygen atoms in total. The van der Waals surface area contributed by atoms with Gasteiger partial charge in [-0.1, -0.05) is 0 Å². The van der Waals surface area contributed by atoms with Gasteiger partial charge in [-0.2, -0.15) is 0 Å². The molecule has 0 aromatic rings. The molecule has 0 radical (unpaired) electrons. The number of aliphatic hydroxyl groups excluding tert-OH is 1. The maximum absolute atomic E-state index is 8.00. The summed E-state index contributed by atoms with van der Waals surface area (Å²) >= 11 is 0. The average Bonchev–Trinajstić information content (AvgIpc) is 1.91. The van der Waals surface area contributed by atoms with Gasteiger partial charge in [-0.05, 0) is 0 Å². The third kappa shape index (κ3) is 464. The van der Waals surface area contributed by atoms with E-state index < -0.39 is 8.60 Å². The first-order chi connectivity index (χ1) is 4.65. The van der Waals surface area contributed by atoms with E-state index in [1.807, 2.05) is 6.79 Å². The lowest BCUT2D eigenvalue weighted by Gasteiger charge is -1.76. The van der Waals surface area contributed by atoms with E-state index in [9.17, 15) is 0 Å². The van der Waals surface area contributed by atoms with Gasteiger partial charge < -0.3 is 30.3 Å². The van der Waals surface area contributed by atoms with Gasteiger partial charge >= 0.3 is 8.60 Å². The Morgan fingerprint density at radius 3 is 1.40 bits per heavy atom. The Bertz CT molecular complexity index is 41.1. The van der Waals surface area contributed by atoms with Gasteiger partial charge in [-0.3, -0.25) is 0 Å². The fraction of sp³-hybridized carbons (Fsp3) is 0.667. The molecule has 0 saturated heterocycles. The van der Waals surface area contributed by atoms with E-state index in [2.05, 4.69) is 0 Å². The summed E-state index contributed by atoms with van der Waals surface area (Å²) in [5, 5.41) is 7.75. The van der Waals surface area contributed by atoms with Crippen LogP contribution < -0.4 is 5.73 Å². The lowest BCUT2D eigenvalue weighted by molar-refractivity contribution is -0.0979. The molecule has 0 aromatic carbocycles. The second-order valence-corrected chi connectivity index (χ2v) is 1.32. The molecule has 0 aliphatic rings. The average molecular weight is 173 g/mol. The Hall–Kier alpha value is -0.1000. The molecule has 0 unspecified atom stereocenters. The van der Waals surface area contributed by atoms with Gasteiger partial charge in [0.1, 0.15) is 6.79 Å². The van der Waals surface area contributed by atoms with E-state index >= 15 is 0 Å². The summed E-state index contributed by atoms with van der Waals surface area (Å²) < 4.78 is 0. The van der Waals surface area contributed by atoms with Crippen LogP contribution in [0.4, 0.5) is 0 Å². The van der Waals surface area contributed by atoms with Crippen molar-refractivity contribution in [2.75, 3.05) is 13.2 Å². The zero-order valence-corrected chi connectivity index (χ0v) is 6.24. The van der Waals surface area contributed by atoms with E-state index in [-0.39, 0.29) is 6.61 Å². The number of nitrogens with two attached hydrogens (primary N) is 1.